The van der Waals surface area contributed by atoms with Gasteiger partial charge in [0.25, 0.3) is 0 Å². The van der Waals surface area contributed by atoms with Crippen LogP contribution in [0.2, 0.25) is 0 Å². The summed E-state index contributed by atoms with van der Waals surface area (Å²) in [6, 6.07) is 2.10. The van der Waals surface area contributed by atoms with E-state index in [0.717, 1.165) is 12.1 Å². The molecule has 0 fully saturated rings. The number of aromatic amines is 1. The van der Waals surface area contributed by atoms with E-state index in [4.69, 9.17) is 15.2 Å². The molecular formula is C18H22F2N6O4. The number of nitrogens with two attached hydrogens (primary N) is 1. The summed E-state index contributed by atoms with van der Waals surface area (Å²) in [6.07, 6.45) is -0.00539. The Balaban J connectivity index is 2.19. The quantitative estimate of drug-likeness (QED) is 0.392. The van der Waals surface area contributed by atoms with Crippen molar-refractivity contribution in [2.24, 2.45) is 10.2 Å². The number of hydrogen-bond acceptors (Lipinski definition) is 9. The lowest BCUT2D eigenvalue weighted by atomic mass is 10.1. The van der Waals surface area contributed by atoms with Gasteiger partial charge in [-0.1, -0.05) is 0 Å². The van der Waals surface area contributed by atoms with Gasteiger partial charge < -0.3 is 15.2 Å². The number of nitrogens with zero attached hydrogens (tertiary/aromatic N) is 3. The number of ether oxygens (including phenoxy) is 2. The summed E-state index contributed by atoms with van der Waals surface area (Å²) in [5.74, 6) is -3.23. The molecule has 0 aliphatic heterocycles. The number of benzene rings is 1. The number of H-pyrrole nitrogens is 1. The van der Waals surface area contributed by atoms with Crippen LogP contribution in [-0.4, -0.2) is 47.9 Å². The van der Waals surface area contributed by atoms with Crippen LogP contribution >= 0.6 is 0 Å². The predicted molar refractivity (Wildman–Crippen MR) is 102 cm³/mol. The maximum atomic E-state index is 13.3. The lowest BCUT2D eigenvalue weighted by Crippen LogP contribution is -2.43. The fourth-order valence-corrected chi connectivity index (χ4v) is 2.40. The molecule has 0 aliphatic carbocycles. The van der Waals surface area contributed by atoms with E-state index in [2.05, 4.69) is 25.7 Å². The standard InChI is InChI=1S/C18H22F2N6O4/c1-3-29-15(27)9-22-14(18(28)30-4-2)8-13-16(17(21)26-24-13)25-23-10-5-6-11(19)12(20)7-10/h5-7,14,22H,3-4,8-9H2,1-2H3,(H3,21,24,26). The van der Waals surface area contributed by atoms with Gasteiger partial charge in [0.15, 0.2) is 23.1 Å². The minimum Gasteiger partial charge on any atom is -0.465 e. The molecule has 2 aromatic rings. The molecule has 2 rings (SSSR count). The first-order valence-corrected chi connectivity index (χ1v) is 9.10. The van der Waals surface area contributed by atoms with E-state index in [1.807, 2.05) is 0 Å². The van der Waals surface area contributed by atoms with E-state index >= 15 is 0 Å². The van der Waals surface area contributed by atoms with Crippen LogP contribution in [-0.2, 0) is 25.5 Å². The summed E-state index contributed by atoms with van der Waals surface area (Å²) in [4.78, 5) is 23.8. The van der Waals surface area contributed by atoms with Gasteiger partial charge in [-0.05, 0) is 26.0 Å². The minimum absolute atomic E-state index is 0.00539. The smallest absolute Gasteiger partial charge is 0.323 e. The van der Waals surface area contributed by atoms with Crippen LogP contribution in [0.15, 0.2) is 28.4 Å². The summed E-state index contributed by atoms with van der Waals surface area (Å²) in [5, 5.41) is 17.0. The Hall–Kier alpha value is -3.41. The van der Waals surface area contributed by atoms with E-state index in [9.17, 15) is 18.4 Å². The van der Waals surface area contributed by atoms with Crippen molar-refractivity contribution in [1.82, 2.24) is 15.5 Å². The van der Waals surface area contributed by atoms with Gasteiger partial charge >= 0.3 is 11.9 Å². The number of esters is 2. The zero-order chi connectivity index (χ0) is 22.1. The molecule has 0 saturated carbocycles. The van der Waals surface area contributed by atoms with Crippen LogP contribution in [0.25, 0.3) is 0 Å². The highest BCUT2D eigenvalue weighted by atomic mass is 19.2. The monoisotopic (exact) mass is 424 g/mol. The maximum absolute atomic E-state index is 13.3. The molecule has 0 amide bonds. The van der Waals surface area contributed by atoms with Crippen LogP contribution < -0.4 is 11.1 Å². The molecule has 1 heterocycles. The number of nitrogen functional groups attached to an aromatic ring is 1. The molecule has 162 valence electrons. The van der Waals surface area contributed by atoms with Crippen molar-refractivity contribution < 1.29 is 27.8 Å². The third-order valence-electron chi connectivity index (χ3n) is 3.79. The van der Waals surface area contributed by atoms with Crippen LogP contribution in [0.4, 0.5) is 26.0 Å². The average Bonchev–Trinajstić information content (AvgIpc) is 3.05. The molecule has 1 atom stereocenters. The number of nitrogens with one attached hydrogen (secondary N) is 2. The van der Waals surface area contributed by atoms with Crippen molar-refractivity contribution in [2.75, 3.05) is 25.5 Å². The number of carbonyl (C=O) groups excluding carboxylic acids is 2. The topological polar surface area (TPSA) is 144 Å². The lowest BCUT2D eigenvalue weighted by Gasteiger charge is -2.16. The molecule has 0 saturated heterocycles. The summed E-state index contributed by atoms with van der Waals surface area (Å²) >= 11 is 0. The van der Waals surface area contributed by atoms with Crippen molar-refractivity contribution in [3.63, 3.8) is 0 Å². The van der Waals surface area contributed by atoms with Crippen molar-refractivity contribution in [2.45, 2.75) is 26.3 Å². The Kier molecular flexibility index (Phi) is 8.35. The molecule has 1 unspecified atom stereocenters. The molecular weight excluding hydrogens is 402 g/mol. The molecule has 0 bridgehead atoms. The fourth-order valence-electron chi connectivity index (χ4n) is 2.40. The normalized spacial score (nSPS) is 12.1. The molecule has 4 N–H and O–H groups in total. The van der Waals surface area contributed by atoms with Gasteiger partial charge in [0.2, 0.25) is 0 Å². The fraction of sp³-hybridized carbons (Fsp3) is 0.389. The molecule has 0 aliphatic rings. The summed E-state index contributed by atoms with van der Waals surface area (Å²) in [7, 11) is 0. The summed E-state index contributed by atoms with van der Waals surface area (Å²) in [6.45, 7) is 3.45. The van der Waals surface area contributed by atoms with Crippen molar-refractivity contribution >= 4 is 29.1 Å². The van der Waals surface area contributed by atoms with Crippen LogP contribution in [0.1, 0.15) is 19.5 Å². The number of carbonyl (C=O) groups is 2. The van der Waals surface area contributed by atoms with Gasteiger partial charge in [-0.3, -0.25) is 20.0 Å². The van der Waals surface area contributed by atoms with Crippen LogP contribution in [0, 0.1) is 11.6 Å². The Morgan fingerprint density at radius 3 is 2.60 bits per heavy atom. The van der Waals surface area contributed by atoms with Gasteiger partial charge in [0.1, 0.15) is 6.04 Å². The molecule has 0 spiro atoms. The zero-order valence-corrected chi connectivity index (χ0v) is 16.4. The van der Waals surface area contributed by atoms with E-state index in [0.29, 0.717) is 5.69 Å². The Bertz CT molecular complexity index is 918. The second kappa shape index (κ2) is 11.0. The highest BCUT2D eigenvalue weighted by molar-refractivity contribution is 5.78. The van der Waals surface area contributed by atoms with E-state index in [1.165, 1.54) is 6.07 Å². The molecule has 10 nitrogen and oxygen atoms in total. The van der Waals surface area contributed by atoms with Gasteiger partial charge in [-0.15, -0.1) is 5.11 Å². The first-order valence-electron chi connectivity index (χ1n) is 9.10. The molecule has 1 aromatic carbocycles. The SMILES string of the molecule is CCOC(=O)CNC(Cc1[nH]nc(N)c1N=Nc1ccc(F)c(F)c1)C(=O)OCC. The van der Waals surface area contributed by atoms with Crippen molar-refractivity contribution in [3.8, 4) is 0 Å². The largest absolute Gasteiger partial charge is 0.465 e. The van der Waals surface area contributed by atoms with E-state index < -0.39 is 29.6 Å². The Morgan fingerprint density at radius 2 is 1.93 bits per heavy atom. The summed E-state index contributed by atoms with van der Waals surface area (Å²) in [5.41, 5.74) is 6.29. The van der Waals surface area contributed by atoms with Gasteiger partial charge in [0, 0.05) is 12.5 Å². The van der Waals surface area contributed by atoms with Crippen LogP contribution in [0.5, 0.6) is 0 Å². The number of aromatic nitrogens is 2. The summed E-state index contributed by atoms with van der Waals surface area (Å²) < 4.78 is 36.2. The second-order valence-corrected chi connectivity index (χ2v) is 5.93. The Labute approximate surface area is 170 Å². The highest BCUT2D eigenvalue weighted by Gasteiger charge is 2.24. The Morgan fingerprint density at radius 1 is 1.20 bits per heavy atom. The van der Waals surface area contributed by atoms with Crippen LogP contribution in [0.3, 0.4) is 0 Å². The maximum Gasteiger partial charge on any atom is 0.323 e. The first-order chi connectivity index (χ1) is 14.3. The molecule has 30 heavy (non-hydrogen) atoms. The molecule has 0 radical (unpaired) electrons. The lowest BCUT2D eigenvalue weighted by molar-refractivity contribution is -0.146. The number of hydrogen-bond donors (Lipinski definition) is 3. The first kappa shape index (κ1) is 22.9. The third-order valence-corrected chi connectivity index (χ3v) is 3.79. The van der Waals surface area contributed by atoms with Gasteiger partial charge in [0.05, 0.1) is 31.1 Å². The number of rotatable bonds is 10. The third kappa shape index (κ3) is 6.30. The zero-order valence-electron chi connectivity index (χ0n) is 16.4. The predicted octanol–water partition coefficient (Wildman–Crippen LogP) is 2.31. The average molecular weight is 424 g/mol. The number of anilines is 1. The number of halogens is 2. The molecule has 1 aromatic heterocycles. The van der Waals surface area contributed by atoms with E-state index in [-0.39, 0.29) is 43.4 Å². The molecule has 12 heteroatoms. The van der Waals surface area contributed by atoms with Crippen molar-refractivity contribution in [3.05, 3.63) is 35.5 Å². The van der Waals surface area contributed by atoms with E-state index in [1.54, 1.807) is 13.8 Å². The van der Waals surface area contributed by atoms with Gasteiger partial charge in [-0.2, -0.15) is 10.2 Å². The van der Waals surface area contributed by atoms with Gasteiger partial charge in [-0.25, -0.2) is 8.78 Å². The number of azo groups is 1. The second-order valence-electron chi connectivity index (χ2n) is 5.93. The van der Waals surface area contributed by atoms with Crippen molar-refractivity contribution in [1.29, 1.82) is 0 Å². The minimum atomic E-state index is -1.07. The highest BCUT2D eigenvalue weighted by Crippen LogP contribution is 2.28.